The second kappa shape index (κ2) is 11.1. The van der Waals surface area contributed by atoms with Crippen molar-refractivity contribution in [2.45, 2.75) is 66.8 Å². The summed E-state index contributed by atoms with van der Waals surface area (Å²) in [5.74, 6) is -0.570. The van der Waals surface area contributed by atoms with Crippen molar-refractivity contribution in [3.63, 3.8) is 0 Å². The van der Waals surface area contributed by atoms with Gasteiger partial charge in [0, 0.05) is 25.3 Å². The third-order valence-electron chi connectivity index (χ3n) is 5.03. The van der Waals surface area contributed by atoms with Crippen LogP contribution in [-0.4, -0.2) is 50.9 Å². The first-order chi connectivity index (χ1) is 15.1. The molecule has 0 aliphatic heterocycles. The number of nitrogens with one attached hydrogen (secondary N) is 2. The van der Waals surface area contributed by atoms with Crippen molar-refractivity contribution < 1.29 is 9.59 Å². The number of fused-ring (bicyclic) bond motifs is 1. The zero-order valence-corrected chi connectivity index (χ0v) is 19.9. The maximum Gasteiger partial charge on any atom is 0.330 e. The summed E-state index contributed by atoms with van der Waals surface area (Å²) in [6, 6.07) is 1.61. The molecule has 0 unspecified atom stereocenters. The number of carbonyl (C=O) groups excluding carboxylic acids is 2. The van der Waals surface area contributed by atoms with Crippen LogP contribution >= 0.6 is 0 Å². The number of aromatic nitrogens is 3. The van der Waals surface area contributed by atoms with E-state index in [0.717, 1.165) is 6.42 Å². The summed E-state index contributed by atoms with van der Waals surface area (Å²) in [6.45, 7) is 12.8. The van der Waals surface area contributed by atoms with E-state index in [9.17, 15) is 19.2 Å². The van der Waals surface area contributed by atoms with Gasteiger partial charge in [-0.1, -0.05) is 41.5 Å². The summed E-state index contributed by atoms with van der Waals surface area (Å²) in [5.41, 5.74) is -0.228. The fourth-order valence-corrected chi connectivity index (χ4v) is 3.48. The maximum absolute atomic E-state index is 13.6. The van der Waals surface area contributed by atoms with Crippen molar-refractivity contribution in [3.8, 4) is 0 Å². The highest BCUT2D eigenvalue weighted by atomic mass is 16.2. The van der Waals surface area contributed by atoms with Gasteiger partial charge in [-0.15, -0.1) is 0 Å². The first-order valence-electron chi connectivity index (χ1n) is 11.3. The number of aromatic amines is 1. The third kappa shape index (κ3) is 5.83. The standard InChI is InChI=1S/C23H35N5O4/c1-7-9-24-18(29)13-27(10-8-2)22(31)16-11-17(15(5)6)25-20-19(16)21(30)26-23(32)28(20)12-14(3)4/h11,14-15H,7-10,12-13H2,1-6H3,(H,24,29)(H,26,30,32). The van der Waals surface area contributed by atoms with E-state index in [1.165, 1.54) is 9.47 Å². The van der Waals surface area contributed by atoms with Gasteiger partial charge in [-0.05, 0) is 30.7 Å². The Kier molecular flexibility index (Phi) is 8.74. The van der Waals surface area contributed by atoms with Crippen LogP contribution in [0.2, 0.25) is 0 Å². The minimum absolute atomic E-state index is 0.0275. The van der Waals surface area contributed by atoms with Crippen LogP contribution in [-0.2, 0) is 11.3 Å². The van der Waals surface area contributed by atoms with Gasteiger partial charge in [-0.25, -0.2) is 9.78 Å². The molecule has 0 spiro atoms. The monoisotopic (exact) mass is 445 g/mol. The summed E-state index contributed by atoms with van der Waals surface area (Å²) in [7, 11) is 0. The molecule has 9 heteroatoms. The van der Waals surface area contributed by atoms with Crippen LogP contribution in [0, 0.1) is 5.92 Å². The average Bonchev–Trinajstić information content (AvgIpc) is 2.73. The Morgan fingerprint density at radius 2 is 1.84 bits per heavy atom. The highest BCUT2D eigenvalue weighted by molar-refractivity contribution is 6.06. The number of nitrogens with zero attached hydrogens (tertiary/aromatic N) is 3. The molecule has 0 aliphatic rings. The number of amides is 2. The Morgan fingerprint density at radius 3 is 2.41 bits per heavy atom. The maximum atomic E-state index is 13.6. The lowest BCUT2D eigenvalue weighted by Gasteiger charge is -2.23. The molecule has 2 heterocycles. The van der Waals surface area contributed by atoms with Crippen molar-refractivity contribution in [1.82, 2.24) is 24.8 Å². The van der Waals surface area contributed by atoms with Crippen molar-refractivity contribution in [1.29, 1.82) is 0 Å². The van der Waals surface area contributed by atoms with Crippen LogP contribution in [0.25, 0.3) is 11.0 Å². The van der Waals surface area contributed by atoms with E-state index < -0.39 is 17.2 Å². The number of hydrogen-bond acceptors (Lipinski definition) is 5. The third-order valence-corrected chi connectivity index (χ3v) is 5.03. The zero-order valence-electron chi connectivity index (χ0n) is 19.9. The molecule has 0 radical (unpaired) electrons. The predicted molar refractivity (Wildman–Crippen MR) is 125 cm³/mol. The summed E-state index contributed by atoms with van der Waals surface area (Å²) in [6.07, 6.45) is 1.45. The molecular weight excluding hydrogens is 410 g/mol. The first kappa shape index (κ1) is 25.3. The van der Waals surface area contributed by atoms with Gasteiger partial charge < -0.3 is 10.2 Å². The molecule has 2 N–H and O–H groups in total. The van der Waals surface area contributed by atoms with Crippen LogP contribution in [0.1, 0.15) is 76.4 Å². The van der Waals surface area contributed by atoms with Crippen LogP contribution in [0.4, 0.5) is 0 Å². The van der Waals surface area contributed by atoms with E-state index in [0.29, 0.717) is 31.7 Å². The number of hydrogen-bond donors (Lipinski definition) is 2. The molecule has 0 saturated carbocycles. The van der Waals surface area contributed by atoms with E-state index in [-0.39, 0.29) is 40.9 Å². The Balaban J connectivity index is 2.71. The fraction of sp³-hybridized carbons (Fsp3) is 0.609. The van der Waals surface area contributed by atoms with Crippen molar-refractivity contribution >= 4 is 22.8 Å². The highest BCUT2D eigenvalue weighted by Crippen LogP contribution is 2.21. The fourth-order valence-electron chi connectivity index (χ4n) is 3.48. The Hall–Kier alpha value is -2.97. The summed E-state index contributed by atoms with van der Waals surface area (Å²) >= 11 is 0. The second-order valence-electron chi connectivity index (χ2n) is 8.79. The molecule has 0 aliphatic carbocycles. The molecule has 2 amide bonds. The van der Waals surface area contributed by atoms with Gasteiger partial charge in [0.25, 0.3) is 11.5 Å². The molecule has 176 valence electrons. The molecule has 0 bridgehead atoms. The molecule has 2 aromatic heterocycles. The number of pyridine rings is 1. The van der Waals surface area contributed by atoms with E-state index >= 15 is 0 Å². The topological polar surface area (TPSA) is 117 Å². The summed E-state index contributed by atoms with van der Waals surface area (Å²) < 4.78 is 1.42. The average molecular weight is 446 g/mol. The minimum atomic E-state index is -0.650. The smallest absolute Gasteiger partial charge is 0.330 e. The number of H-pyrrole nitrogens is 1. The SMILES string of the molecule is CCCNC(=O)CN(CCC)C(=O)c1cc(C(C)C)nc2c1c(=O)[nH]c(=O)n2CC(C)C. The van der Waals surface area contributed by atoms with Gasteiger partial charge >= 0.3 is 5.69 Å². The van der Waals surface area contributed by atoms with Crippen molar-refractivity contribution in [2.24, 2.45) is 5.92 Å². The Labute approximate surface area is 188 Å². The Morgan fingerprint density at radius 1 is 1.16 bits per heavy atom. The Bertz CT molecular complexity index is 1080. The largest absolute Gasteiger partial charge is 0.355 e. The van der Waals surface area contributed by atoms with Crippen LogP contribution in [0.15, 0.2) is 15.7 Å². The van der Waals surface area contributed by atoms with Crippen LogP contribution in [0.3, 0.4) is 0 Å². The van der Waals surface area contributed by atoms with Crippen molar-refractivity contribution in [2.75, 3.05) is 19.6 Å². The lowest BCUT2D eigenvalue weighted by Crippen LogP contribution is -2.42. The molecule has 32 heavy (non-hydrogen) atoms. The quantitative estimate of drug-likeness (QED) is 0.582. The van der Waals surface area contributed by atoms with Gasteiger partial charge in [0.1, 0.15) is 0 Å². The molecule has 2 aromatic rings. The van der Waals surface area contributed by atoms with E-state index in [4.69, 9.17) is 0 Å². The second-order valence-corrected chi connectivity index (χ2v) is 8.79. The molecule has 0 atom stereocenters. The minimum Gasteiger partial charge on any atom is -0.355 e. The van der Waals surface area contributed by atoms with Crippen LogP contribution < -0.4 is 16.6 Å². The first-order valence-corrected chi connectivity index (χ1v) is 11.3. The molecule has 0 saturated heterocycles. The lowest BCUT2D eigenvalue weighted by atomic mass is 10.0. The molecule has 9 nitrogen and oxygen atoms in total. The number of carbonyl (C=O) groups is 2. The molecular formula is C23H35N5O4. The van der Waals surface area contributed by atoms with Gasteiger partial charge in [-0.2, -0.15) is 0 Å². The zero-order chi connectivity index (χ0) is 24.0. The molecule has 0 aromatic carbocycles. The normalized spacial score (nSPS) is 11.4. The van der Waals surface area contributed by atoms with Gasteiger partial charge in [0.2, 0.25) is 5.91 Å². The van der Waals surface area contributed by atoms with Gasteiger partial charge in [-0.3, -0.25) is 23.9 Å². The van der Waals surface area contributed by atoms with E-state index in [1.807, 2.05) is 41.5 Å². The summed E-state index contributed by atoms with van der Waals surface area (Å²) in [4.78, 5) is 59.7. The van der Waals surface area contributed by atoms with E-state index in [1.54, 1.807) is 6.07 Å². The summed E-state index contributed by atoms with van der Waals surface area (Å²) in [5, 5.41) is 2.86. The number of rotatable bonds is 10. The lowest BCUT2D eigenvalue weighted by molar-refractivity contribution is -0.121. The highest BCUT2D eigenvalue weighted by Gasteiger charge is 2.25. The van der Waals surface area contributed by atoms with Gasteiger partial charge in [0.05, 0.1) is 17.5 Å². The molecule has 2 rings (SSSR count). The predicted octanol–water partition coefficient (Wildman–Crippen LogP) is 2.24. The van der Waals surface area contributed by atoms with Crippen molar-refractivity contribution in [3.05, 3.63) is 38.2 Å². The van der Waals surface area contributed by atoms with Crippen LogP contribution in [0.5, 0.6) is 0 Å². The van der Waals surface area contributed by atoms with E-state index in [2.05, 4.69) is 15.3 Å². The molecule has 0 fully saturated rings. The van der Waals surface area contributed by atoms with Gasteiger partial charge in [0.15, 0.2) is 5.65 Å².